The van der Waals surface area contributed by atoms with Gasteiger partial charge in [0.15, 0.2) is 0 Å². The van der Waals surface area contributed by atoms with Crippen molar-refractivity contribution in [3.63, 3.8) is 0 Å². The van der Waals surface area contributed by atoms with Crippen LogP contribution in [0.1, 0.15) is 117 Å². The SMILES string of the molecule is CCCCCCCCCCCCCCCCCCNC1NCCN1CC. The van der Waals surface area contributed by atoms with Crippen molar-refractivity contribution in [1.82, 2.24) is 15.5 Å². The van der Waals surface area contributed by atoms with Gasteiger partial charge in [-0.2, -0.15) is 0 Å². The van der Waals surface area contributed by atoms with E-state index in [1.807, 2.05) is 0 Å². The minimum Gasteiger partial charge on any atom is -0.289 e. The normalized spacial score (nSPS) is 18.0. The first kappa shape index (κ1) is 23.9. The zero-order valence-electron chi connectivity index (χ0n) is 18.2. The van der Waals surface area contributed by atoms with Crippen LogP contribution in [-0.4, -0.2) is 37.4 Å². The second-order valence-electron chi connectivity index (χ2n) is 8.24. The maximum atomic E-state index is 3.65. The molecule has 0 saturated carbocycles. The zero-order chi connectivity index (χ0) is 18.7. The number of rotatable bonds is 19. The van der Waals surface area contributed by atoms with Crippen LogP contribution in [0.15, 0.2) is 0 Å². The Morgan fingerprint density at radius 1 is 0.692 bits per heavy atom. The van der Waals surface area contributed by atoms with Gasteiger partial charge in [0.1, 0.15) is 6.29 Å². The summed E-state index contributed by atoms with van der Waals surface area (Å²) >= 11 is 0. The number of hydrogen-bond donors (Lipinski definition) is 2. The van der Waals surface area contributed by atoms with E-state index in [1.165, 1.54) is 109 Å². The van der Waals surface area contributed by atoms with Crippen LogP contribution >= 0.6 is 0 Å². The second kappa shape index (κ2) is 18.3. The Morgan fingerprint density at radius 3 is 1.62 bits per heavy atom. The van der Waals surface area contributed by atoms with Crippen molar-refractivity contribution in [2.24, 2.45) is 0 Å². The molecule has 0 aromatic carbocycles. The van der Waals surface area contributed by atoms with E-state index in [0.29, 0.717) is 6.29 Å². The Bertz CT molecular complexity index is 283. The average Bonchev–Trinajstić information content (AvgIpc) is 3.11. The van der Waals surface area contributed by atoms with Crippen molar-refractivity contribution in [1.29, 1.82) is 0 Å². The quantitative estimate of drug-likeness (QED) is 0.272. The van der Waals surface area contributed by atoms with Gasteiger partial charge in [-0.1, -0.05) is 110 Å². The van der Waals surface area contributed by atoms with Crippen LogP contribution in [0.25, 0.3) is 0 Å². The van der Waals surface area contributed by atoms with Crippen molar-refractivity contribution in [2.75, 3.05) is 26.2 Å². The molecule has 1 rings (SSSR count). The van der Waals surface area contributed by atoms with Gasteiger partial charge >= 0.3 is 0 Å². The fourth-order valence-corrected chi connectivity index (χ4v) is 4.06. The summed E-state index contributed by atoms with van der Waals surface area (Å²) in [5.41, 5.74) is 0. The smallest absolute Gasteiger partial charge is 0.114 e. The van der Waals surface area contributed by atoms with Crippen molar-refractivity contribution in [3.8, 4) is 0 Å². The third-order valence-electron chi connectivity index (χ3n) is 5.88. The molecule has 1 atom stereocenters. The van der Waals surface area contributed by atoms with Crippen LogP contribution in [0, 0.1) is 0 Å². The highest BCUT2D eigenvalue weighted by molar-refractivity contribution is 4.74. The summed E-state index contributed by atoms with van der Waals surface area (Å²) < 4.78 is 0. The van der Waals surface area contributed by atoms with E-state index in [-0.39, 0.29) is 0 Å². The van der Waals surface area contributed by atoms with E-state index in [0.717, 1.165) is 19.6 Å². The second-order valence-corrected chi connectivity index (χ2v) is 8.24. The van der Waals surface area contributed by atoms with E-state index in [2.05, 4.69) is 29.4 Å². The third kappa shape index (κ3) is 13.1. The molecule has 156 valence electrons. The minimum absolute atomic E-state index is 0.427. The lowest BCUT2D eigenvalue weighted by Gasteiger charge is -2.23. The van der Waals surface area contributed by atoms with Gasteiger partial charge < -0.3 is 0 Å². The van der Waals surface area contributed by atoms with Crippen LogP contribution < -0.4 is 10.6 Å². The molecule has 0 radical (unpaired) electrons. The predicted molar refractivity (Wildman–Crippen MR) is 117 cm³/mol. The van der Waals surface area contributed by atoms with E-state index < -0.39 is 0 Å². The maximum absolute atomic E-state index is 3.65. The first-order chi connectivity index (χ1) is 12.9. The first-order valence-corrected chi connectivity index (χ1v) is 12.1. The highest BCUT2D eigenvalue weighted by Crippen LogP contribution is 2.13. The molecule has 0 aliphatic carbocycles. The van der Waals surface area contributed by atoms with E-state index in [4.69, 9.17) is 0 Å². The lowest BCUT2D eigenvalue weighted by Crippen LogP contribution is -2.47. The van der Waals surface area contributed by atoms with Gasteiger partial charge in [0.25, 0.3) is 0 Å². The Morgan fingerprint density at radius 2 is 1.15 bits per heavy atom. The Hall–Kier alpha value is -0.120. The minimum atomic E-state index is 0.427. The molecular weight excluding hydrogens is 318 g/mol. The highest BCUT2D eigenvalue weighted by atomic mass is 15.4. The molecule has 0 aromatic heterocycles. The van der Waals surface area contributed by atoms with Gasteiger partial charge in [-0.15, -0.1) is 0 Å². The molecule has 0 aromatic rings. The number of hydrogen-bond acceptors (Lipinski definition) is 3. The molecule has 3 heteroatoms. The summed E-state index contributed by atoms with van der Waals surface area (Å²) in [6.07, 6.45) is 23.5. The molecule has 1 unspecified atom stereocenters. The largest absolute Gasteiger partial charge is 0.289 e. The highest BCUT2D eigenvalue weighted by Gasteiger charge is 2.20. The maximum Gasteiger partial charge on any atom is 0.114 e. The van der Waals surface area contributed by atoms with Crippen molar-refractivity contribution in [2.45, 2.75) is 123 Å². The van der Waals surface area contributed by atoms with E-state index in [1.54, 1.807) is 0 Å². The van der Waals surface area contributed by atoms with Gasteiger partial charge in [-0.3, -0.25) is 15.5 Å². The first-order valence-electron chi connectivity index (χ1n) is 12.1. The third-order valence-corrected chi connectivity index (χ3v) is 5.88. The molecule has 0 spiro atoms. The van der Waals surface area contributed by atoms with Gasteiger partial charge in [-0.05, 0) is 19.5 Å². The van der Waals surface area contributed by atoms with Gasteiger partial charge in [0.2, 0.25) is 0 Å². The standard InChI is InChI=1S/C23H49N3/c1-3-5-6-7-8-9-10-11-12-13-14-15-16-17-18-19-20-24-23-25-21-22-26(23)4-2/h23-25H,3-22H2,1-2H3. The van der Waals surface area contributed by atoms with Gasteiger partial charge in [-0.25, -0.2) is 0 Å². The number of unbranched alkanes of at least 4 members (excludes halogenated alkanes) is 15. The zero-order valence-corrected chi connectivity index (χ0v) is 18.2. The lowest BCUT2D eigenvalue weighted by atomic mass is 10.0. The fraction of sp³-hybridized carbons (Fsp3) is 1.00. The van der Waals surface area contributed by atoms with Crippen LogP contribution in [0.4, 0.5) is 0 Å². The summed E-state index contributed by atoms with van der Waals surface area (Å²) in [7, 11) is 0. The molecule has 1 fully saturated rings. The Balaban J connectivity index is 1.70. The summed E-state index contributed by atoms with van der Waals surface area (Å²) in [6, 6.07) is 0. The van der Waals surface area contributed by atoms with Crippen molar-refractivity contribution in [3.05, 3.63) is 0 Å². The summed E-state index contributed by atoms with van der Waals surface area (Å²) in [4.78, 5) is 2.48. The van der Waals surface area contributed by atoms with Crippen LogP contribution in [0.2, 0.25) is 0 Å². The number of nitrogens with zero attached hydrogens (tertiary/aromatic N) is 1. The lowest BCUT2D eigenvalue weighted by molar-refractivity contribution is 0.213. The molecule has 1 aliphatic rings. The molecule has 1 saturated heterocycles. The summed E-state index contributed by atoms with van der Waals surface area (Å²) in [5.74, 6) is 0. The fourth-order valence-electron chi connectivity index (χ4n) is 4.06. The molecule has 1 heterocycles. The molecule has 26 heavy (non-hydrogen) atoms. The molecule has 0 bridgehead atoms. The van der Waals surface area contributed by atoms with Crippen molar-refractivity contribution >= 4 is 0 Å². The average molecular weight is 368 g/mol. The summed E-state index contributed by atoms with van der Waals surface area (Å²) in [6.45, 7) is 9.16. The monoisotopic (exact) mass is 367 g/mol. The molecular formula is C23H49N3. The molecule has 3 nitrogen and oxygen atoms in total. The number of likely N-dealkylation sites (N-methyl/N-ethyl adjacent to an activating group) is 1. The van der Waals surface area contributed by atoms with Gasteiger partial charge in [0.05, 0.1) is 0 Å². The molecule has 1 aliphatic heterocycles. The van der Waals surface area contributed by atoms with Crippen molar-refractivity contribution < 1.29 is 0 Å². The Kier molecular flexibility index (Phi) is 16.8. The predicted octanol–water partition coefficient (Wildman–Crippen LogP) is 6.05. The summed E-state index contributed by atoms with van der Waals surface area (Å²) in [5, 5.41) is 7.17. The number of nitrogens with one attached hydrogen (secondary N) is 2. The van der Waals surface area contributed by atoms with Crippen LogP contribution in [-0.2, 0) is 0 Å². The van der Waals surface area contributed by atoms with E-state index in [9.17, 15) is 0 Å². The topological polar surface area (TPSA) is 27.3 Å². The van der Waals surface area contributed by atoms with Crippen LogP contribution in [0.3, 0.4) is 0 Å². The molecule has 0 amide bonds. The van der Waals surface area contributed by atoms with Crippen LogP contribution in [0.5, 0.6) is 0 Å². The molecule has 2 N–H and O–H groups in total. The Labute approximate surface area is 165 Å². The van der Waals surface area contributed by atoms with Gasteiger partial charge in [0, 0.05) is 13.1 Å². The van der Waals surface area contributed by atoms with E-state index >= 15 is 0 Å².